The van der Waals surface area contributed by atoms with Crippen LogP contribution in [0.2, 0.25) is 5.02 Å². The maximum atomic E-state index is 5.83. The topological polar surface area (TPSA) is 12.0 Å². The minimum Gasteiger partial charge on any atom is -0.308 e. The van der Waals surface area contributed by atoms with Crippen molar-refractivity contribution in [3.63, 3.8) is 0 Å². The molecule has 0 heterocycles. The number of nitrogens with one attached hydrogen (secondary N) is 1. The van der Waals surface area contributed by atoms with E-state index in [1.54, 1.807) is 0 Å². The van der Waals surface area contributed by atoms with Crippen LogP contribution in [0.3, 0.4) is 0 Å². The first kappa shape index (κ1) is 12.2. The van der Waals surface area contributed by atoms with E-state index in [1.165, 1.54) is 5.56 Å². The van der Waals surface area contributed by atoms with Crippen LogP contribution < -0.4 is 5.32 Å². The molecule has 0 bridgehead atoms. The third-order valence-electron chi connectivity index (χ3n) is 1.65. The van der Waals surface area contributed by atoms with Crippen LogP contribution in [0.4, 0.5) is 0 Å². The van der Waals surface area contributed by atoms with E-state index in [9.17, 15) is 0 Å². The van der Waals surface area contributed by atoms with Crippen molar-refractivity contribution in [2.24, 2.45) is 0 Å². The summed E-state index contributed by atoms with van der Waals surface area (Å²) in [6.07, 6.45) is 0. The molecule has 0 unspecified atom stereocenters. The van der Waals surface area contributed by atoms with E-state index in [0.29, 0.717) is 0 Å². The molecule has 1 aromatic carbocycles. The minimum absolute atomic E-state index is 0.741. The predicted molar refractivity (Wildman–Crippen MR) is 68.9 cm³/mol. The number of hydrogen-bond donors (Lipinski definition) is 1. The van der Waals surface area contributed by atoms with E-state index < -0.39 is 0 Å². The summed E-state index contributed by atoms with van der Waals surface area (Å²) in [5, 5.41) is 3.98. The zero-order chi connectivity index (χ0) is 10.6. The molecule has 76 valence electrons. The molecule has 14 heavy (non-hydrogen) atoms. The highest BCUT2D eigenvalue weighted by Crippen LogP contribution is 2.21. The third kappa shape index (κ3) is 4.13. The summed E-state index contributed by atoms with van der Waals surface area (Å²) in [6.45, 7) is 5.30. The molecule has 1 N–H and O–H groups in total. The Balaban J connectivity index is 2.55. The van der Waals surface area contributed by atoms with Gasteiger partial charge in [-0.05, 0) is 17.7 Å². The molecule has 0 atom stereocenters. The van der Waals surface area contributed by atoms with Crippen molar-refractivity contribution < 1.29 is 0 Å². The molecule has 4 heteroatoms. The van der Waals surface area contributed by atoms with E-state index in [-0.39, 0.29) is 0 Å². The predicted octanol–water partition coefficient (Wildman–Crippen LogP) is 4.10. The van der Waals surface area contributed by atoms with Gasteiger partial charge in [0.15, 0.2) is 0 Å². The second-order valence-corrected chi connectivity index (χ2v) is 5.27. The average Bonchev–Trinajstić information content (AvgIpc) is 2.08. The monoisotopic (exact) mass is 337 g/mol. The van der Waals surface area contributed by atoms with Crippen LogP contribution in [0.15, 0.2) is 33.7 Å². The molecule has 0 aromatic heterocycles. The van der Waals surface area contributed by atoms with Crippen molar-refractivity contribution in [2.75, 3.05) is 6.54 Å². The van der Waals surface area contributed by atoms with Gasteiger partial charge in [-0.2, -0.15) is 0 Å². The molecule has 0 aliphatic heterocycles. The summed E-state index contributed by atoms with van der Waals surface area (Å²) < 4.78 is 1.97. The fraction of sp³-hybridized carbons (Fsp3) is 0.200. The molecule has 0 spiro atoms. The zero-order valence-corrected chi connectivity index (χ0v) is 11.4. The summed E-state index contributed by atoms with van der Waals surface area (Å²) in [5.41, 5.74) is 1.18. The van der Waals surface area contributed by atoms with E-state index in [4.69, 9.17) is 11.6 Å². The van der Waals surface area contributed by atoms with Gasteiger partial charge in [-0.1, -0.05) is 56.1 Å². The van der Waals surface area contributed by atoms with Crippen LogP contribution in [0.1, 0.15) is 5.56 Å². The van der Waals surface area contributed by atoms with Crippen LogP contribution in [0.25, 0.3) is 0 Å². The molecule has 0 saturated heterocycles. The standard InChI is InChI=1S/C10H10Br2ClN/c1-7(11)5-14-6-8-2-3-9(13)4-10(8)12/h2-4,14H,1,5-6H2. The van der Waals surface area contributed by atoms with Crippen LogP contribution in [0, 0.1) is 0 Å². The van der Waals surface area contributed by atoms with Gasteiger partial charge in [-0.15, -0.1) is 0 Å². The van der Waals surface area contributed by atoms with Gasteiger partial charge in [-0.3, -0.25) is 0 Å². The Labute approximate surface area is 106 Å². The number of rotatable bonds is 4. The summed E-state index contributed by atoms with van der Waals surface area (Å²) in [4.78, 5) is 0. The fourth-order valence-corrected chi connectivity index (χ4v) is 2.02. The first-order chi connectivity index (χ1) is 6.59. The maximum absolute atomic E-state index is 5.83. The Hall–Kier alpha value is 0.170. The first-order valence-corrected chi connectivity index (χ1v) is 6.04. The van der Waals surface area contributed by atoms with Gasteiger partial charge < -0.3 is 5.32 Å². The number of halogens is 3. The van der Waals surface area contributed by atoms with Crippen molar-refractivity contribution in [3.8, 4) is 0 Å². The lowest BCUT2D eigenvalue weighted by atomic mass is 10.2. The van der Waals surface area contributed by atoms with Gasteiger partial charge >= 0.3 is 0 Å². The highest BCUT2D eigenvalue weighted by atomic mass is 79.9. The summed E-state index contributed by atoms with van der Waals surface area (Å²) >= 11 is 12.6. The molecule has 1 rings (SSSR count). The van der Waals surface area contributed by atoms with Gasteiger partial charge in [0.05, 0.1) is 0 Å². The lowest BCUT2D eigenvalue weighted by molar-refractivity contribution is 0.755. The van der Waals surface area contributed by atoms with E-state index in [0.717, 1.165) is 27.1 Å². The molecule has 0 aliphatic carbocycles. The SMILES string of the molecule is C=C(Br)CNCc1ccc(Cl)cc1Br. The quantitative estimate of drug-likeness (QED) is 0.871. The van der Waals surface area contributed by atoms with Gasteiger partial charge in [0.1, 0.15) is 0 Å². The number of hydrogen-bond acceptors (Lipinski definition) is 1. The summed E-state index contributed by atoms with van der Waals surface area (Å²) in [6, 6.07) is 5.77. The van der Waals surface area contributed by atoms with E-state index in [2.05, 4.69) is 43.8 Å². The van der Waals surface area contributed by atoms with E-state index in [1.807, 2.05) is 18.2 Å². The Kier molecular flexibility index (Phi) is 5.17. The Bertz CT molecular complexity index is 339. The fourth-order valence-electron chi connectivity index (χ4n) is 0.998. The smallest absolute Gasteiger partial charge is 0.0417 e. The Morgan fingerprint density at radius 3 is 2.79 bits per heavy atom. The molecular formula is C10H10Br2ClN. The molecule has 1 nitrogen and oxygen atoms in total. The molecule has 0 aliphatic rings. The van der Waals surface area contributed by atoms with Crippen LogP contribution in [0.5, 0.6) is 0 Å². The average molecular weight is 339 g/mol. The van der Waals surface area contributed by atoms with Gasteiger partial charge in [-0.25, -0.2) is 0 Å². The van der Waals surface area contributed by atoms with Crippen molar-refractivity contribution in [2.45, 2.75) is 6.54 Å². The third-order valence-corrected chi connectivity index (χ3v) is 2.90. The Morgan fingerprint density at radius 1 is 1.50 bits per heavy atom. The molecular weight excluding hydrogens is 329 g/mol. The normalized spacial score (nSPS) is 10.2. The van der Waals surface area contributed by atoms with Gasteiger partial charge in [0.2, 0.25) is 0 Å². The van der Waals surface area contributed by atoms with Gasteiger partial charge in [0, 0.05) is 27.1 Å². The van der Waals surface area contributed by atoms with Crippen molar-refractivity contribution in [3.05, 3.63) is 44.3 Å². The van der Waals surface area contributed by atoms with Crippen LogP contribution in [-0.2, 0) is 6.54 Å². The maximum Gasteiger partial charge on any atom is 0.0417 e. The van der Waals surface area contributed by atoms with Gasteiger partial charge in [0.25, 0.3) is 0 Å². The number of benzene rings is 1. The highest BCUT2D eigenvalue weighted by Gasteiger charge is 1.99. The summed E-state index contributed by atoms with van der Waals surface area (Å²) in [5.74, 6) is 0. The largest absolute Gasteiger partial charge is 0.308 e. The van der Waals surface area contributed by atoms with Crippen LogP contribution >= 0.6 is 43.5 Å². The lowest BCUT2D eigenvalue weighted by Crippen LogP contribution is -2.14. The molecule has 0 fully saturated rings. The lowest BCUT2D eigenvalue weighted by Gasteiger charge is -2.06. The van der Waals surface area contributed by atoms with Crippen molar-refractivity contribution in [1.29, 1.82) is 0 Å². The second-order valence-electron chi connectivity index (χ2n) is 2.86. The second kappa shape index (κ2) is 5.91. The van der Waals surface area contributed by atoms with Crippen molar-refractivity contribution in [1.82, 2.24) is 5.32 Å². The minimum atomic E-state index is 0.741. The molecule has 0 radical (unpaired) electrons. The first-order valence-electron chi connectivity index (χ1n) is 4.07. The summed E-state index contributed by atoms with van der Waals surface area (Å²) in [7, 11) is 0. The molecule has 1 aromatic rings. The molecule has 0 saturated carbocycles. The van der Waals surface area contributed by atoms with Crippen LogP contribution in [-0.4, -0.2) is 6.54 Å². The molecule has 0 amide bonds. The highest BCUT2D eigenvalue weighted by molar-refractivity contribution is 9.11. The van der Waals surface area contributed by atoms with Crippen molar-refractivity contribution >= 4 is 43.5 Å². The van der Waals surface area contributed by atoms with E-state index >= 15 is 0 Å². The Morgan fingerprint density at radius 2 is 2.21 bits per heavy atom. The zero-order valence-electron chi connectivity index (χ0n) is 7.49.